The first-order valence-corrected chi connectivity index (χ1v) is 8.77. The van der Waals surface area contributed by atoms with Gasteiger partial charge in [0.25, 0.3) is 0 Å². The van der Waals surface area contributed by atoms with E-state index in [2.05, 4.69) is 15.5 Å². The van der Waals surface area contributed by atoms with E-state index in [9.17, 15) is 4.79 Å². The van der Waals surface area contributed by atoms with Crippen molar-refractivity contribution in [3.05, 3.63) is 84.4 Å². The van der Waals surface area contributed by atoms with E-state index in [0.29, 0.717) is 11.2 Å². The van der Waals surface area contributed by atoms with E-state index in [1.165, 1.54) is 6.08 Å². The fourth-order valence-electron chi connectivity index (χ4n) is 2.74. The summed E-state index contributed by atoms with van der Waals surface area (Å²) >= 11 is 0. The Kier molecular flexibility index (Phi) is 4.84. The standard InChI is InChI=1S/C22H18N4O2/c1-28-19-11-9-18(10-12-19)26-24-20-13-8-17(15-21(20)25-26)23-22(27)14-7-16-5-3-2-4-6-16/h2-15H,1H3,(H,23,27). The van der Waals surface area contributed by atoms with E-state index in [0.717, 1.165) is 22.5 Å². The Bertz CT molecular complexity index is 1130. The van der Waals surface area contributed by atoms with Crippen LogP contribution in [0.2, 0.25) is 0 Å². The van der Waals surface area contributed by atoms with Gasteiger partial charge >= 0.3 is 0 Å². The summed E-state index contributed by atoms with van der Waals surface area (Å²) in [7, 11) is 1.63. The lowest BCUT2D eigenvalue weighted by atomic mass is 10.2. The average Bonchev–Trinajstić information content (AvgIpc) is 3.16. The van der Waals surface area contributed by atoms with Gasteiger partial charge in [-0.05, 0) is 54.1 Å². The molecule has 0 aliphatic carbocycles. The van der Waals surface area contributed by atoms with Gasteiger partial charge in [-0.3, -0.25) is 4.79 Å². The van der Waals surface area contributed by atoms with Gasteiger partial charge < -0.3 is 10.1 Å². The summed E-state index contributed by atoms with van der Waals surface area (Å²) in [6.45, 7) is 0. The number of fused-ring (bicyclic) bond motifs is 1. The molecule has 1 heterocycles. The van der Waals surface area contributed by atoms with Gasteiger partial charge in [0.2, 0.25) is 5.91 Å². The lowest BCUT2D eigenvalue weighted by molar-refractivity contribution is -0.111. The maximum atomic E-state index is 12.2. The van der Waals surface area contributed by atoms with E-state index in [-0.39, 0.29) is 5.91 Å². The van der Waals surface area contributed by atoms with Crippen molar-refractivity contribution < 1.29 is 9.53 Å². The van der Waals surface area contributed by atoms with Crippen molar-refractivity contribution in [2.24, 2.45) is 0 Å². The van der Waals surface area contributed by atoms with Crippen LogP contribution in [0, 0.1) is 0 Å². The van der Waals surface area contributed by atoms with Crippen LogP contribution >= 0.6 is 0 Å². The Labute approximate surface area is 162 Å². The minimum absolute atomic E-state index is 0.203. The van der Waals surface area contributed by atoms with E-state index < -0.39 is 0 Å². The smallest absolute Gasteiger partial charge is 0.248 e. The highest BCUT2D eigenvalue weighted by Gasteiger charge is 2.07. The number of rotatable bonds is 5. The first-order valence-electron chi connectivity index (χ1n) is 8.77. The number of carbonyl (C=O) groups excluding carboxylic acids is 1. The Morgan fingerprint density at radius 1 is 0.964 bits per heavy atom. The summed E-state index contributed by atoms with van der Waals surface area (Å²) in [5, 5.41) is 11.8. The second-order valence-electron chi connectivity index (χ2n) is 6.12. The highest BCUT2D eigenvalue weighted by Crippen LogP contribution is 2.19. The van der Waals surface area contributed by atoms with Gasteiger partial charge in [0, 0.05) is 11.8 Å². The van der Waals surface area contributed by atoms with Crippen LogP contribution in [-0.4, -0.2) is 28.0 Å². The minimum atomic E-state index is -0.203. The molecule has 6 heteroatoms. The Morgan fingerprint density at radius 3 is 2.46 bits per heavy atom. The molecular formula is C22H18N4O2. The minimum Gasteiger partial charge on any atom is -0.497 e. The topological polar surface area (TPSA) is 69.0 Å². The van der Waals surface area contributed by atoms with Gasteiger partial charge in [0.1, 0.15) is 16.8 Å². The van der Waals surface area contributed by atoms with Crippen molar-refractivity contribution in [3.8, 4) is 11.4 Å². The van der Waals surface area contributed by atoms with E-state index in [1.54, 1.807) is 24.0 Å². The van der Waals surface area contributed by atoms with Crippen molar-refractivity contribution >= 4 is 28.7 Å². The molecule has 1 amide bonds. The molecule has 0 spiro atoms. The molecule has 138 valence electrons. The number of carbonyl (C=O) groups is 1. The zero-order valence-corrected chi connectivity index (χ0v) is 15.2. The first-order chi connectivity index (χ1) is 13.7. The third-order valence-electron chi connectivity index (χ3n) is 4.18. The van der Waals surface area contributed by atoms with Crippen LogP contribution in [0.5, 0.6) is 5.75 Å². The lowest BCUT2D eigenvalue weighted by Crippen LogP contribution is -2.07. The van der Waals surface area contributed by atoms with Crippen LogP contribution in [0.25, 0.3) is 22.8 Å². The molecule has 1 aromatic heterocycles. The molecule has 4 aromatic rings. The zero-order chi connectivity index (χ0) is 19.3. The number of benzene rings is 3. The van der Waals surface area contributed by atoms with Crippen molar-refractivity contribution in [1.29, 1.82) is 0 Å². The van der Waals surface area contributed by atoms with E-state index in [4.69, 9.17) is 4.74 Å². The molecular weight excluding hydrogens is 352 g/mol. The van der Waals surface area contributed by atoms with Crippen LogP contribution in [-0.2, 0) is 4.79 Å². The molecule has 6 nitrogen and oxygen atoms in total. The molecule has 0 atom stereocenters. The quantitative estimate of drug-likeness (QED) is 0.538. The zero-order valence-electron chi connectivity index (χ0n) is 15.2. The van der Waals surface area contributed by atoms with Crippen LogP contribution in [0.1, 0.15) is 5.56 Å². The molecule has 0 aliphatic heterocycles. The number of methoxy groups -OCH3 is 1. The highest BCUT2D eigenvalue weighted by atomic mass is 16.5. The fraction of sp³-hybridized carbons (Fsp3) is 0.0455. The van der Waals surface area contributed by atoms with Gasteiger partial charge in [-0.1, -0.05) is 30.3 Å². The van der Waals surface area contributed by atoms with Gasteiger partial charge in [-0.25, -0.2) is 0 Å². The van der Waals surface area contributed by atoms with Crippen molar-refractivity contribution in [1.82, 2.24) is 15.0 Å². The number of amides is 1. The van der Waals surface area contributed by atoms with Crippen LogP contribution in [0.3, 0.4) is 0 Å². The third kappa shape index (κ3) is 3.91. The molecule has 0 fully saturated rings. The Hall–Kier alpha value is -3.93. The van der Waals surface area contributed by atoms with Gasteiger partial charge in [0.05, 0.1) is 12.8 Å². The van der Waals surface area contributed by atoms with Crippen molar-refractivity contribution in [2.45, 2.75) is 0 Å². The predicted octanol–water partition coefficient (Wildman–Crippen LogP) is 4.08. The number of hydrogen-bond donors (Lipinski definition) is 1. The van der Waals surface area contributed by atoms with Crippen LogP contribution in [0.15, 0.2) is 78.9 Å². The van der Waals surface area contributed by atoms with Gasteiger partial charge in [-0.15, -0.1) is 10.2 Å². The van der Waals surface area contributed by atoms with E-state index in [1.807, 2.05) is 66.7 Å². The number of aromatic nitrogens is 3. The summed E-state index contributed by atoms with van der Waals surface area (Å²) < 4.78 is 5.17. The summed E-state index contributed by atoms with van der Waals surface area (Å²) in [6.07, 6.45) is 3.28. The molecule has 1 N–H and O–H groups in total. The molecule has 0 saturated carbocycles. The molecule has 3 aromatic carbocycles. The molecule has 0 radical (unpaired) electrons. The lowest BCUT2D eigenvalue weighted by Gasteiger charge is -2.01. The largest absolute Gasteiger partial charge is 0.497 e. The van der Waals surface area contributed by atoms with Gasteiger partial charge in [-0.2, -0.15) is 4.80 Å². The molecule has 0 saturated heterocycles. The summed E-state index contributed by atoms with van der Waals surface area (Å²) in [5.74, 6) is 0.569. The van der Waals surface area contributed by atoms with Crippen molar-refractivity contribution in [3.63, 3.8) is 0 Å². The number of nitrogens with one attached hydrogen (secondary N) is 1. The van der Waals surface area contributed by atoms with Crippen LogP contribution < -0.4 is 10.1 Å². The SMILES string of the molecule is COc1ccc(-n2nc3ccc(NC(=O)C=Cc4ccccc4)cc3n2)cc1. The summed E-state index contributed by atoms with van der Waals surface area (Å²) in [6, 6.07) is 22.6. The third-order valence-corrected chi connectivity index (χ3v) is 4.18. The monoisotopic (exact) mass is 370 g/mol. The Morgan fingerprint density at radius 2 is 1.71 bits per heavy atom. The maximum Gasteiger partial charge on any atom is 0.248 e. The average molecular weight is 370 g/mol. The Balaban J connectivity index is 1.51. The highest BCUT2D eigenvalue weighted by molar-refractivity contribution is 6.02. The number of anilines is 1. The van der Waals surface area contributed by atoms with Crippen molar-refractivity contribution in [2.75, 3.05) is 12.4 Å². The normalized spacial score (nSPS) is 11.0. The number of hydrogen-bond acceptors (Lipinski definition) is 4. The molecule has 28 heavy (non-hydrogen) atoms. The predicted molar refractivity (Wildman–Crippen MR) is 110 cm³/mol. The number of ether oxygens (including phenoxy) is 1. The molecule has 0 bridgehead atoms. The maximum absolute atomic E-state index is 12.2. The van der Waals surface area contributed by atoms with Gasteiger partial charge in [0.15, 0.2) is 0 Å². The molecule has 0 unspecified atom stereocenters. The number of nitrogens with zero attached hydrogens (tertiary/aromatic N) is 3. The molecule has 4 rings (SSSR count). The second kappa shape index (κ2) is 7.75. The molecule has 0 aliphatic rings. The summed E-state index contributed by atoms with van der Waals surface area (Å²) in [5.41, 5.74) is 3.90. The first kappa shape index (κ1) is 17.5. The van der Waals surface area contributed by atoms with E-state index >= 15 is 0 Å². The fourth-order valence-corrected chi connectivity index (χ4v) is 2.74. The van der Waals surface area contributed by atoms with Crippen LogP contribution in [0.4, 0.5) is 5.69 Å². The summed E-state index contributed by atoms with van der Waals surface area (Å²) in [4.78, 5) is 13.7. The second-order valence-corrected chi connectivity index (χ2v) is 6.12.